The molecular formula is C21H31N3O4. The van der Waals surface area contributed by atoms with E-state index in [0.717, 1.165) is 37.0 Å². The molecule has 7 nitrogen and oxygen atoms in total. The van der Waals surface area contributed by atoms with Gasteiger partial charge >= 0.3 is 0 Å². The number of nitrogens with one attached hydrogen (secondary N) is 1. The standard InChI is InChI=1S/C21H31N3O4/c25-21-10-8-6-4-2-1-3-5-7-9-19(15-16-22-21)23-28-17-18-11-13-20(14-12-18)24(26)27/h11-14H,1-10,15-17H2,(H,22,25)/b23-19-. The van der Waals surface area contributed by atoms with Crippen LogP contribution in [-0.4, -0.2) is 23.1 Å². The van der Waals surface area contributed by atoms with E-state index in [2.05, 4.69) is 10.5 Å². The number of nitro benzene ring substituents is 1. The summed E-state index contributed by atoms with van der Waals surface area (Å²) in [6, 6.07) is 6.28. The number of carbonyl (C=O) groups is 1. The second-order valence-electron chi connectivity index (χ2n) is 7.28. The van der Waals surface area contributed by atoms with Crippen molar-refractivity contribution in [1.29, 1.82) is 0 Å². The monoisotopic (exact) mass is 389 g/mol. The molecule has 1 N–H and O–H groups in total. The zero-order valence-electron chi connectivity index (χ0n) is 16.5. The number of oxime groups is 1. The van der Waals surface area contributed by atoms with Crippen molar-refractivity contribution in [3.63, 3.8) is 0 Å². The first-order chi connectivity index (χ1) is 13.6. The van der Waals surface area contributed by atoms with Crippen molar-refractivity contribution < 1.29 is 14.6 Å². The Morgan fingerprint density at radius 3 is 2.18 bits per heavy atom. The highest BCUT2D eigenvalue weighted by Gasteiger charge is 2.07. The number of hydrogen-bond acceptors (Lipinski definition) is 5. The Kier molecular flexibility index (Phi) is 10.0. The third-order valence-electron chi connectivity index (χ3n) is 4.93. The summed E-state index contributed by atoms with van der Waals surface area (Å²) in [6.45, 7) is 0.854. The first-order valence-corrected chi connectivity index (χ1v) is 10.3. The van der Waals surface area contributed by atoms with Gasteiger partial charge < -0.3 is 10.2 Å². The molecule has 1 saturated heterocycles. The Morgan fingerprint density at radius 1 is 0.929 bits per heavy atom. The lowest BCUT2D eigenvalue weighted by molar-refractivity contribution is -0.384. The van der Waals surface area contributed by atoms with Crippen LogP contribution in [0.1, 0.15) is 76.2 Å². The number of rotatable bonds is 4. The predicted octanol–water partition coefficient (Wildman–Crippen LogP) is 4.89. The van der Waals surface area contributed by atoms with Crippen molar-refractivity contribution >= 4 is 17.3 Å². The molecular weight excluding hydrogens is 358 g/mol. The van der Waals surface area contributed by atoms with E-state index in [0.29, 0.717) is 19.4 Å². The van der Waals surface area contributed by atoms with Gasteiger partial charge in [0.15, 0.2) is 0 Å². The van der Waals surface area contributed by atoms with Crippen LogP contribution in [0.2, 0.25) is 0 Å². The summed E-state index contributed by atoms with van der Waals surface area (Å²) in [6.07, 6.45) is 11.5. The number of carbonyl (C=O) groups excluding carboxylic acids is 1. The second kappa shape index (κ2) is 12.9. The Morgan fingerprint density at radius 2 is 1.54 bits per heavy atom. The van der Waals surface area contributed by atoms with E-state index >= 15 is 0 Å². The van der Waals surface area contributed by atoms with Crippen molar-refractivity contribution in [3.05, 3.63) is 39.9 Å². The van der Waals surface area contributed by atoms with Gasteiger partial charge in [0.2, 0.25) is 5.91 Å². The molecule has 1 amide bonds. The molecule has 0 bridgehead atoms. The van der Waals surface area contributed by atoms with Gasteiger partial charge in [-0.25, -0.2) is 0 Å². The molecule has 1 aliphatic heterocycles. The summed E-state index contributed by atoms with van der Waals surface area (Å²) in [7, 11) is 0. The lowest BCUT2D eigenvalue weighted by Crippen LogP contribution is -2.25. The van der Waals surface area contributed by atoms with Crippen molar-refractivity contribution in [2.45, 2.75) is 77.2 Å². The summed E-state index contributed by atoms with van der Waals surface area (Å²) in [5, 5.41) is 17.9. The first-order valence-electron chi connectivity index (χ1n) is 10.3. The van der Waals surface area contributed by atoms with Crippen LogP contribution in [-0.2, 0) is 16.2 Å². The minimum absolute atomic E-state index is 0.0626. The fourth-order valence-corrected chi connectivity index (χ4v) is 3.24. The summed E-state index contributed by atoms with van der Waals surface area (Å²) in [4.78, 5) is 27.6. The largest absolute Gasteiger partial charge is 0.391 e. The van der Waals surface area contributed by atoms with Crippen molar-refractivity contribution in [1.82, 2.24) is 5.32 Å². The van der Waals surface area contributed by atoms with Gasteiger partial charge in [0, 0.05) is 31.5 Å². The fourth-order valence-electron chi connectivity index (χ4n) is 3.24. The van der Waals surface area contributed by atoms with Crippen LogP contribution in [0.4, 0.5) is 5.69 Å². The molecule has 1 aromatic rings. The maximum absolute atomic E-state index is 11.9. The molecule has 0 aromatic heterocycles. The first kappa shape index (κ1) is 21.9. The van der Waals surface area contributed by atoms with Crippen LogP contribution >= 0.6 is 0 Å². The molecule has 0 atom stereocenters. The number of hydrogen-bond donors (Lipinski definition) is 1. The summed E-state index contributed by atoms with van der Waals surface area (Å²) in [5.74, 6) is 0.112. The molecule has 0 aliphatic carbocycles. The van der Waals surface area contributed by atoms with E-state index in [4.69, 9.17) is 4.84 Å². The van der Waals surface area contributed by atoms with E-state index in [-0.39, 0.29) is 18.2 Å². The van der Waals surface area contributed by atoms with Gasteiger partial charge in [-0.1, -0.05) is 43.7 Å². The molecule has 0 saturated carbocycles. The third kappa shape index (κ3) is 8.97. The molecule has 0 unspecified atom stereocenters. The topological polar surface area (TPSA) is 93.8 Å². The fraction of sp³-hybridized carbons (Fsp3) is 0.619. The molecule has 1 aromatic carbocycles. The van der Waals surface area contributed by atoms with E-state index < -0.39 is 4.92 Å². The highest BCUT2D eigenvalue weighted by atomic mass is 16.6. The molecule has 7 heteroatoms. The molecule has 1 heterocycles. The van der Waals surface area contributed by atoms with Gasteiger partial charge in [0.25, 0.3) is 5.69 Å². The van der Waals surface area contributed by atoms with Crippen molar-refractivity contribution in [2.24, 2.45) is 5.16 Å². The van der Waals surface area contributed by atoms with Crippen LogP contribution in [0.3, 0.4) is 0 Å². The smallest absolute Gasteiger partial charge is 0.269 e. The maximum Gasteiger partial charge on any atom is 0.269 e. The van der Waals surface area contributed by atoms with Gasteiger partial charge in [-0.05, 0) is 37.0 Å². The van der Waals surface area contributed by atoms with E-state index in [1.807, 2.05) is 0 Å². The minimum atomic E-state index is -0.420. The highest BCUT2D eigenvalue weighted by molar-refractivity contribution is 5.84. The zero-order chi connectivity index (χ0) is 20.0. The Labute approximate surface area is 166 Å². The van der Waals surface area contributed by atoms with E-state index in [1.165, 1.54) is 44.2 Å². The van der Waals surface area contributed by atoms with Gasteiger partial charge in [-0.3, -0.25) is 14.9 Å². The molecule has 2 rings (SSSR count). The SMILES string of the molecule is O=C1CCCCCCCCCC/C(=N/OCc2ccc([N+](=O)[O-])cc2)CCN1. The summed E-state index contributed by atoms with van der Waals surface area (Å²) in [5.41, 5.74) is 1.85. The lowest BCUT2D eigenvalue weighted by Gasteiger charge is -2.08. The molecule has 28 heavy (non-hydrogen) atoms. The number of nitrogens with zero attached hydrogens (tertiary/aromatic N) is 2. The number of nitro groups is 1. The molecule has 1 fully saturated rings. The van der Waals surface area contributed by atoms with Crippen LogP contribution in [0.5, 0.6) is 0 Å². The predicted molar refractivity (Wildman–Crippen MR) is 109 cm³/mol. The highest BCUT2D eigenvalue weighted by Crippen LogP contribution is 2.14. The lowest BCUT2D eigenvalue weighted by atomic mass is 10.0. The maximum atomic E-state index is 11.9. The normalized spacial score (nSPS) is 19.3. The molecule has 154 valence electrons. The molecule has 0 spiro atoms. The van der Waals surface area contributed by atoms with Crippen molar-refractivity contribution in [2.75, 3.05) is 6.54 Å². The van der Waals surface area contributed by atoms with Crippen LogP contribution in [0.15, 0.2) is 29.4 Å². The summed E-state index contributed by atoms with van der Waals surface area (Å²) >= 11 is 0. The quantitative estimate of drug-likeness (QED) is 0.586. The zero-order valence-corrected chi connectivity index (χ0v) is 16.5. The third-order valence-corrected chi connectivity index (χ3v) is 4.93. The van der Waals surface area contributed by atoms with Gasteiger partial charge in [0.05, 0.1) is 10.6 Å². The van der Waals surface area contributed by atoms with E-state index in [1.54, 1.807) is 12.1 Å². The van der Waals surface area contributed by atoms with Crippen LogP contribution < -0.4 is 5.32 Å². The molecule has 1 aliphatic rings. The van der Waals surface area contributed by atoms with Gasteiger partial charge in [-0.15, -0.1) is 0 Å². The number of amides is 1. The number of non-ortho nitro benzene ring substituents is 1. The average Bonchev–Trinajstić information content (AvgIpc) is 2.69. The van der Waals surface area contributed by atoms with Crippen LogP contribution in [0.25, 0.3) is 0 Å². The molecule has 0 radical (unpaired) electrons. The Hall–Kier alpha value is -2.44. The Bertz CT molecular complexity index is 644. The minimum Gasteiger partial charge on any atom is -0.391 e. The van der Waals surface area contributed by atoms with Gasteiger partial charge in [-0.2, -0.15) is 0 Å². The van der Waals surface area contributed by atoms with Crippen molar-refractivity contribution in [3.8, 4) is 0 Å². The summed E-state index contributed by atoms with van der Waals surface area (Å²) < 4.78 is 0. The Balaban J connectivity index is 1.85. The average molecular weight is 389 g/mol. The second-order valence-corrected chi connectivity index (χ2v) is 7.28. The van der Waals surface area contributed by atoms with Gasteiger partial charge in [0.1, 0.15) is 6.61 Å². The number of benzene rings is 1. The van der Waals surface area contributed by atoms with Crippen LogP contribution in [0, 0.1) is 10.1 Å². The van der Waals surface area contributed by atoms with E-state index in [9.17, 15) is 14.9 Å².